The third-order valence-corrected chi connectivity index (χ3v) is 7.92. The molecule has 0 nitrogen and oxygen atoms in total. The predicted molar refractivity (Wildman–Crippen MR) is 142 cm³/mol. The van der Waals surface area contributed by atoms with Gasteiger partial charge >= 0.3 is 0 Å². The van der Waals surface area contributed by atoms with E-state index in [1.54, 1.807) is 5.56 Å². The lowest BCUT2D eigenvalue weighted by atomic mass is 10.1. The first-order chi connectivity index (χ1) is 14.8. The lowest BCUT2D eigenvalue weighted by Gasteiger charge is -2.10. The molecule has 0 saturated carbocycles. The van der Waals surface area contributed by atoms with Crippen LogP contribution in [0.1, 0.15) is 129 Å². The number of unbranched alkanes of at least 4 members (excludes halogenated alkanes) is 13. The summed E-state index contributed by atoms with van der Waals surface area (Å²) in [5, 5.41) is 0. The molecule has 0 amide bonds. The average molecular weight is 451 g/mol. The molecule has 1 aromatic rings. The van der Waals surface area contributed by atoms with Crippen LogP contribution in [0.3, 0.4) is 0 Å². The van der Waals surface area contributed by atoms with E-state index < -0.39 is 0 Å². The highest BCUT2D eigenvalue weighted by Gasteiger charge is 2.04. The maximum absolute atomic E-state index is 2.47. The Hall–Kier alpha value is -0.0800. The smallest absolute Gasteiger partial charge is 0.00858 e. The third-order valence-electron chi connectivity index (χ3n) is 5.79. The molecule has 1 rings (SSSR count). The molecule has 0 aliphatic heterocycles. The molecule has 0 bridgehead atoms. The van der Waals surface area contributed by atoms with Crippen LogP contribution in [0.5, 0.6) is 0 Å². The highest BCUT2D eigenvalue weighted by atomic mass is 32.2. The number of benzene rings is 1. The van der Waals surface area contributed by atoms with Gasteiger partial charge in [-0.2, -0.15) is 0 Å². The fraction of sp³-hybridized carbons (Fsp3) is 0.786. The fourth-order valence-corrected chi connectivity index (χ4v) is 5.95. The van der Waals surface area contributed by atoms with Crippen LogP contribution < -0.4 is 0 Å². The van der Waals surface area contributed by atoms with Crippen molar-refractivity contribution in [3.63, 3.8) is 0 Å². The minimum Gasteiger partial charge on any atom is -0.126 e. The van der Waals surface area contributed by atoms with Gasteiger partial charge in [0.25, 0.3) is 0 Å². The monoisotopic (exact) mass is 450 g/mol. The van der Waals surface area contributed by atoms with Gasteiger partial charge in [0.2, 0.25) is 0 Å². The first-order valence-corrected chi connectivity index (χ1v) is 15.2. The zero-order valence-electron chi connectivity index (χ0n) is 20.5. The van der Waals surface area contributed by atoms with Gasteiger partial charge in [0.1, 0.15) is 0 Å². The lowest BCUT2D eigenvalue weighted by Crippen LogP contribution is -1.90. The molecule has 0 N–H and O–H groups in total. The second kappa shape index (κ2) is 20.8. The van der Waals surface area contributed by atoms with Gasteiger partial charge in [0.15, 0.2) is 0 Å². The number of hydrogen-bond donors (Lipinski definition) is 0. The molecule has 0 unspecified atom stereocenters. The first-order valence-electron chi connectivity index (χ1n) is 13.2. The molecule has 0 aromatic heterocycles. The zero-order chi connectivity index (χ0) is 21.7. The maximum atomic E-state index is 2.47. The van der Waals surface area contributed by atoms with Gasteiger partial charge in [-0.25, -0.2) is 0 Å². The van der Waals surface area contributed by atoms with E-state index in [4.69, 9.17) is 0 Å². The second-order valence-corrected chi connectivity index (χ2v) is 11.2. The van der Waals surface area contributed by atoms with Crippen molar-refractivity contribution >= 4 is 23.5 Å². The molecule has 2 heteroatoms. The molecule has 1 aromatic carbocycles. The summed E-state index contributed by atoms with van der Waals surface area (Å²) in [4.78, 5) is 3.02. The van der Waals surface area contributed by atoms with Gasteiger partial charge in [-0.3, -0.25) is 0 Å². The largest absolute Gasteiger partial charge is 0.126 e. The van der Waals surface area contributed by atoms with E-state index in [-0.39, 0.29) is 0 Å². The summed E-state index contributed by atoms with van der Waals surface area (Å²) in [6, 6.07) is 7.41. The Labute approximate surface area is 198 Å². The molecular formula is C28H50S2. The quantitative estimate of drug-likeness (QED) is 0.135. The van der Waals surface area contributed by atoms with Gasteiger partial charge in [-0.15, -0.1) is 23.5 Å². The van der Waals surface area contributed by atoms with Crippen molar-refractivity contribution in [1.29, 1.82) is 0 Å². The Morgan fingerprint density at radius 1 is 0.467 bits per heavy atom. The predicted octanol–water partition coefficient (Wildman–Crippen LogP) is 10.7. The van der Waals surface area contributed by atoms with Gasteiger partial charge in [0.05, 0.1) is 0 Å². The molecule has 0 aliphatic carbocycles. The van der Waals surface area contributed by atoms with Crippen LogP contribution in [0, 0.1) is 0 Å². The average Bonchev–Trinajstić information content (AvgIpc) is 2.76. The fourth-order valence-electron chi connectivity index (χ4n) is 3.82. The summed E-state index contributed by atoms with van der Waals surface area (Å²) in [7, 11) is 0. The van der Waals surface area contributed by atoms with Gasteiger partial charge < -0.3 is 0 Å². The van der Waals surface area contributed by atoms with Crippen molar-refractivity contribution in [3.8, 4) is 0 Å². The standard InChI is InChI=1S/C28H50S2/c1-4-7-10-12-14-16-18-21-29-27-23-26(20-9-6-3)24-28(25-27)30-22-19-17-15-13-11-8-5-2/h23-25H,4-22H2,1-3H3. The van der Waals surface area contributed by atoms with E-state index in [2.05, 4.69) is 62.5 Å². The van der Waals surface area contributed by atoms with Gasteiger partial charge in [0, 0.05) is 9.79 Å². The Balaban J connectivity index is 2.34. The molecular weight excluding hydrogens is 400 g/mol. The molecule has 174 valence electrons. The topological polar surface area (TPSA) is 0 Å². The highest BCUT2D eigenvalue weighted by Crippen LogP contribution is 2.29. The van der Waals surface area contributed by atoms with E-state index >= 15 is 0 Å². The second-order valence-electron chi connectivity index (χ2n) is 8.86. The zero-order valence-corrected chi connectivity index (χ0v) is 22.1. The van der Waals surface area contributed by atoms with E-state index in [0.717, 1.165) is 0 Å². The number of hydrogen-bond acceptors (Lipinski definition) is 2. The Morgan fingerprint density at radius 2 is 0.867 bits per heavy atom. The minimum absolute atomic E-state index is 1.24. The van der Waals surface area contributed by atoms with Crippen molar-refractivity contribution in [3.05, 3.63) is 23.8 Å². The molecule has 0 radical (unpaired) electrons. The highest BCUT2D eigenvalue weighted by molar-refractivity contribution is 8.00. The van der Waals surface area contributed by atoms with Crippen LogP contribution in [-0.2, 0) is 6.42 Å². The van der Waals surface area contributed by atoms with E-state index in [1.165, 1.54) is 130 Å². The SMILES string of the molecule is CCCCCCCCCSc1cc(CCCC)cc(SCCCCCCCCC)c1. The summed E-state index contributed by atoms with van der Waals surface area (Å²) >= 11 is 4.18. The first kappa shape index (κ1) is 28.0. The molecule has 30 heavy (non-hydrogen) atoms. The van der Waals surface area contributed by atoms with Crippen molar-refractivity contribution < 1.29 is 0 Å². The van der Waals surface area contributed by atoms with E-state index in [9.17, 15) is 0 Å². The number of thioether (sulfide) groups is 2. The van der Waals surface area contributed by atoms with Crippen LogP contribution in [0.25, 0.3) is 0 Å². The van der Waals surface area contributed by atoms with E-state index in [0.29, 0.717) is 0 Å². The van der Waals surface area contributed by atoms with Crippen LogP contribution in [-0.4, -0.2) is 11.5 Å². The summed E-state index contributed by atoms with van der Waals surface area (Å²) in [6.45, 7) is 6.90. The minimum atomic E-state index is 1.24. The van der Waals surface area contributed by atoms with Gasteiger partial charge in [-0.05, 0) is 61.0 Å². The molecule has 0 spiro atoms. The third kappa shape index (κ3) is 15.7. The van der Waals surface area contributed by atoms with Crippen molar-refractivity contribution in [2.24, 2.45) is 0 Å². The molecule has 0 fully saturated rings. The summed E-state index contributed by atoms with van der Waals surface area (Å²) in [6.07, 6.45) is 23.5. The van der Waals surface area contributed by atoms with Crippen LogP contribution in [0.4, 0.5) is 0 Å². The normalized spacial score (nSPS) is 11.3. The number of rotatable bonds is 21. The van der Waals surface area contributed by atoms with E-state index in [1.807, 2.05) is 0 Å². The van der Waals surface area contributed by atoms with Crippen LogP contribution >= 0.6 is 23.5 Å². The van der Waals surface area contributed by atoms with Crippen LogP contribution in [0.15, 0.2) is 28.0 Å². The van der Waals surface area contributed by atoms with Crippen molar-refractivity contribution in [2.75, 3.05) is 11.5 Å². The summed E-state index contributed by atoms with van der Waals surface area (Å²) in [5.74, 6) is 2.57. The summed E-state index contributed by atoms with van der Waals surface area (Å²) < 4.78 is 0. The Morgan fingerprint density at radius 3 is 1.30 bits per heavy atom. The van der Waals surface area contributed by atoms with Gasteiger partial charge in [-0.1, -0.05) is 104 Å². The number of aryl methyl sites for hydroxylation is 1. The van der Waals surface area contributed by atoms with Crippen molar-refractivity contribution in [1.82, 2.24) is 0 Å². The Bertz CT molecular complexity index is 459. The Kier molecular flexibility index (Phi) is 19.4. The molecule has 0 saturated heterocycles. The summed E-state index contributed by atoms with van der Waals surface area (Å²) in [5.41, 5.74) is 1.56. The lowest BCUT2D eigenvalue weighted by molar-refractivity contribution is 0.603. The van der Waals surface area contributed by atoms with Crippen molar-refractivity contribution in [2.45, 2.75) is 140 Å². The maximum Gasteiger partial charge on any atom is 0.00858 e. The van der Waals surface area contributed by atoms with Crippen LogP contribution in [0.2, 0.25) is 0 Å². The molecule has 0 heterocycles. The molecule has 0 atom stereocenters. The molecule has 0 aliphatic rings.